The van der Waals surface area contributed by atoms with Gasteiger partial charge in [0, 0.05) is 43.3 Å². The molecule has 15 N–H and O–H groups in total. The Hall–Kier alpha value is -6.60. The van der Waals surface area contributed by atoms with Gasteiger partial charge in [-0.2, -0.15) is 12.6 Å². The summed E-state index contributed by atoms with van der Waals surface area (Å²) in [6.07, 6.45) is 1.41. The number of rotatable bonds is 31. The van der Waals surface area contributed by atoms with E-state index in [4.69, 9.17) is 11.5 Å². The molecule has 1 aromatic carbocycles. The average molecular weight is 976 g/mol. The predicted molar refractivity (Wildman–Crippen MR) is 247 cm³/mol. The third kappa shape index (κ3) is 19.3. The number of carbonyl (C=O) groups excluding carboxylic acids is 8. The number of hydrogen-bond donors (Lipinski definition) is 14. The van der Waals surface area contributed by atoms with Gasteiger partial charge in [-0.25, -0.2) is 9.78 Å². The summed E-state index contributed by atoms with van der Waals surface area (Å²) >= 11 is 4.25. The Morgan fingerprint density at radius 1 is 0.647 bits per heavy atom. The van der Waals surface area contributed by atoms with Gasteiger partial charge in [0.05, 0.1) is 12.9 Å². The summed E-state index contributed by atoms with van der Waals surface area (Å²) in [5.74, 6) is -11.3. The summed E-state index contributed by atoms with van der Waals surface area (Å²) < 4.78 is 0. The van der Waals surface area contributed by atoms with Crippen LogP contribution in [0.5, 0.6) is 0 Å². The average Bonchev–Trinajstić information content (AvgIpc) is 3.83. The van der Waals surface area contributed by atoms with Crippen LogP contribution in [0.25, 0.3) is 0 Å². The maximum absolute atomic E-state index is 14.1. The number of nitrogens with one attached hydrogen (secondary N) is 8. The zero-order chi connectivity index (χ0) is 51.1. The first-order valence-corrected chi connectivity index (χ1v) is 22.6. The summed E-state index contributed by atoms with van der Waals surface area (Å²) in [5, 5.41) is 45.9. The molecule has 2 aromatic rings. The molecule has 2 rings (SSSR count). The first-order chi connectivity index (χ1) is 32.1. The van der Waals surface area contributed by atoms with Crippen LogP contribution in [0.2, 0.25) is 0 Å². The maximum Gasteiger partial charge on any atom is 0.326 e. The molecule has 68 heavy (non-hydrogen) atoms. The Morgan fingerprint density at radius 3 is 1.59 bits per heavy atom. The van der Waals surface area contributed by atoms with E-state index in [0.29, 0.717) is 24.1 Å². The van der Waals surface area contributed by atoms with E-state index in [9.17, 15) is 63.3 Å². The zero-order valence-corrected chi connectivity index (χ0v) is 39.3. The highest BCUT2D eigenvalue weighted by Crippen LogP contribution is 2.14. The van der Waals surface area contributed by atoms with E-state index < -0.39 is 139 Å². The number of carboxylic acid groups (broad SMARTS) is 2. The molecule has 0 unspecified atom stereocenters. The van der Waals surface area contributed by atoms with Gasteiger partial charge < -0.3 is 69.0 Å². The number of thiol groups is 1. The fraction of sp³-hybridized carbons (Fsp3) is 0.558. The largest absolute Gasteiger partial charge is 0.481 e. The monoisotopic (exact) mass is 975 g/mol. The number of imidazole rings is 1. The van der Waals surface area contributed by atoms with E-state index in [-0.39, 0.29) is 31.4 Å². The topological polar surface area (TPSA) is 396 Å². The summed E-state index contributed by atoms with van der Waals surface area (Å²) in [7, 11) is 0. The second-order valence-corrected chi connectivity index (χ2v) is 16.6. The molecule has 0 aliphatic carbocycles. The van der Waals surface area contributed by atoms with Crippen molar-refractivity contribution in [3.63, 3.8) is 0 Å². The van der Waals surface area contributed by atoms with Gasteiger partial charge in [-0.05, 0) is 30.2 Å². The first-order valence-electron chi connectivity index (χ1n) is 22.0. The van der Waals surface area contributed by atoms with Crippen molar-refractivity contribution in [2.45, 2.75) is 127 Å². The molecular formula is C43H65N11O13S. The highest BCUT2D eigenvalue weighted by Gasteiger charge is 2.36. The predicted octanol–water partition coefficient (Wildman–Crippen LogP) is -2.86. The summed E-state index contributed by atoms with van der Waals surface area (Å²) in [6, 6.07) is -3.02. The number of nitrogens with two attached hydrogens (primary N) is 2. The Labute approximate surface area is 398 Å². The molecule has 0 radical (unpaired) electrons. The lowest BCUT2D eigenvalue weighted by Crippen LogP contribution is -2.62. The summed E-state index contributed by atoms with van der Waals surface area (Å²) in [6.45, 7) is 5.95. The third-order valence-corrected chi connectivity index (χ3v) is 11.4. The van der Waals surface area contributed by atoms with E-state index in [1.165, 1.54) is 12.5 Å². The normalized spacial score (nSPS) is 15.5. The molecular weight excluding hydrogens is 911 g/mol. The number of hydrogen-bond acceptors (Lipinski definition) is 14. The molecule has 0 fully saturated rings. The van der Waals surface area contributed by atoms with E-state index in [0.717, 1.165) is 0 Å². The van der Waals surface area contributed by atoms with Gasteiger partial charge in [0.25, 0.3) is 0 Å². The van der Waals surface area contributed by atoms with Crippen molar-refractivity contribution in [1.29, 1.82) is 0 Å². The molecule has 10 atom stereocenters. The lowest BCUT2D eigenvalue weighted by atomic mass is 9.96. The SMILES string of the molecule is CC[C@H](C)[C@H](NC(=O)[C@H](CCC(N)=O)NC(=O)[C@@H](NC(=O)[C@H](CS)NC(=O)[C@H](Cc1ccccc1)NC(=O)[C@H](CCC(=O)O)NC(=O)[C@@H](N)CO)[C@@H](C)CC)C(=O)N[C@@H](Cc1cnc[nH]1)C(=O)O. The van der Waals surface area contributed by atoms with Crippen molar-refractivity contribution in [1.82, 2.24) is 47.2 Å². The molecule has 25 heteroatoms. The molecule has 1 heterocycles. The third-order valence-electron chi connectivity index (χ3n) is 11.0. The fourth-order valence-electron chi connectivity index (χ4n) is 6.50. The van der Waals surface area contributed by atoms with Crippen LogP contribution in [0.15, 0.2) is 42.9 Å². The van der Waals surface area contributed by atoms with Crippen molar-refractivity contribution in [2.75, 3.05) is 12.4 Å². The Morgan fingerprint density at radius 2 is 1.12 bits per heavy atom. The highest BCUT2D eigenvalue weighted by molar-refractivity contribution is 7.80. The molecule has 0 aliphatic rings. The number of aliphatic carboxylic acids is 2. The van der Waals surface area contributed by atoms with Gasteiger partial charge in [-0.1, -0.05) is 70.9 Å². The molecule has 0 spiro atoms. The van der Waals surface area contributed by atoms with Gasteiger partial charge >= 0.3 is 11.9 Å². The molecule has 0 saturated carbocycles. The number of amides is 8. The maximum atomic E-state index is 14.1. The van der Waals surface area contributed by atoms with Gasteiger partial charge in [0.2, 0.25) is 47.3 Å². The van der Waals surface area contributed by atoms with Crippen LogP contribution in [0, 0.1) is 11.8 Å². The molecule has 1 aromatic heterocycles. The van der Waals surface area contributed by atoms with Crippen molar-refractivity contribution in [3.05, 3.63) is 54.1 Å². The van der Waals surface area contributed by atoms with Crippen molar-refractivity contribution in [2.24, 2.45) is 23.3 Å². The standard InChI is InChI=1S/C43H65N11O13S/c1-5-22(3)34(41(64)49-27(12-14-32(45)56)38(61)53-35(23(4)6-2)42(65)51-30(43(66)67)17-25-18-46-21-47-25)54-40(63)31(20-68)52-39(62)29(16-24-10-8-7-9-11-24)50-37(60)28(13-15-33(57)58)48-36(59)26(44)19-55/h7-11,18,21-23,26-31,34-35,55,68H,5-6,12-17,19-20,44H2,1-4H3,(H2,45,56)(H,46,47)(H,48,59)(H,49,64)(H,50,60)(H,51,65)(H,52,62)(H,53,61)(H,54,63)(H,57,58)(H,66,67)/t22-,23-,26-,27-,28-,29-,30-,31-,34-,35-/m0/s1. The number of aliphatic hydroxyl groups is 1. The van der Waals surface area contributed by atoms with E-state index >= 15 is 0 Å². The Bertz CT molecular complexity index is 2030. The van der Waals surface area contributed by atoms with Gasteiger partial charge in [0.15, 0.2) is 0 Å². The smallest absolute Gasteiger partial charge is 0.326 e. The van der Waals surface area contributed by atoms with Crippen LogP contribution in [0.1, 0.15) is 77.5 Å². The lowest BCUT2D eigenvalue weighted by molar-refractivity contribution is -0.142. The first kappa shape index (κ1) is 57.5. The van der Waals surface area contributed by atoms with Crippen LogP contribution in [-0.2, 0) is 60.8 Å². The fourth-order valence-corrected chi connectivity index (χ4v) is 6.76. The van der Waals surface area contributed by atoms with Crippen LogP contribution >= 0.6 is 12.6 Å². The van der Waals surface area contributed by atoms with Crippen LogP contribution in [0.4, 0.5) is 0 Å². The number of aliphatic hydroxyl groups excluding tert-OH is 1. The second kappa shape index (κ2) is 29.2. The number of nitrogens with zero attached hydrogens (tertiary/aromatic N) is 1. The molecule has 0 saturated heterocycles. The zero-order valence-electron chi connectivity index (χ0n) is 38.4. The Kier molecular flexibility index (Phi) is 24.7. The quantitative estimate of drug-likeness (QED) is 0.0338. The molecule has 376 valence electrons. The molecule has 0 aliphatic heterocycles. The number of benzene rings is 1. The number of aromatic amines is 1. The minimum absolute atomic E-state index is 0.146. The van der Waals surface area contributed by atoms with Crippen LogP contribution in [0.3, 0.4) is 0 Å². The summed E-state index contributed by atoms with van der Waals surface area (Å²) in [4.78, 5) is 137. The number of H-pyrrole nitrogens is 1. The second-order valence-electron chi connectivity index (χ2n) is 16.3. The van der Waals surface area contributed by atoms with E-state index in [1.807, 2.05) is 0 Å². The van der Waals surface area contributed by atoms with E-state index in [2.05, 4.69) is 59.8 Å². The number of aromatic nitrogens is 2. The number of carbonyl (C=O) groups is 10. The lowest BCUT2D eigenvalue weighted by Gasteiger charge is -2.30. The summed E-state index contributed by atoms with van der Waals surface area (Å²) in [5.41, 5.74) is 12.0. The highest BCUT2D eigenvalue weighted by atomic mass is 32.1. The van der Waals surface area contributed by atoms with Crippen molar-refractivity contribution >= 4 is 71.8 Å². The van der Waals surface area contributed by atoms with Gasteiger partial charge in [0.1, 0.15) is 48.3 Å². The molecule has 8 amide bonds. The van der Waals surface area contributed by atoms with Crippen LogP contribution < -0.4 is 48.7 Å². The number of primary amides is 1. The van der Waals surface area contributed by atoms with Crippen molar-refractivity contribution in [3.8, 4) is 0 Å². The minimum Gasteiger partial charge on any atom is -0.481 e. The molecule has 24 nitrogen and oxygen atoms in total. The van der Waals surface area contributed by atoms with Gasteiger partial charge in [-0.3, -0.25) is 43.2 Å². The Balaban J connectivity index is 2.37. The van der Waals surface area contributed by atoms with Crippen LogP contribution in [-0.4, -0.2) is 145 Å². The molecule has 0 bridgehead atoms. The van der Waals surface area contributed by atoms with Gasteiger partial charge in [-0.15, -0.1) is 0 Å². The number of carboxylic acids is 2. The minimum atomic E-state index is -1.50. The van der Waals surface area contributed by atoms with Crippen molar-refractivity contribution < 1.29 is 63.3 Å². The van der Waals surface area contributed by atoms with E-state index in [1.54, 1.807) is 58.0 Å².